The fourth-order valence-electron chi connectivity index (χ4n) is 1.72. The van der Waals surface area contributed by atoms with Crippen LogP contribution in [0.25, 0.3) is 0 Å². The number of rotatable bonds is 4. The number of hydrogen-bond donors (Lipinski definition) is 2. The van der Waals surface area contributed by atoms with Crippen LogP contribution in [0.1, 0.15) is 11.1 Å². The van der Waals surface area contributed by atoms with Gasteiger partial charge in [-0.05, 0) is 23.8 Å². The molecule has 0 aliphatic heterocycles. The van der Waals surface area contributed by atoms with Crippen LogP contribution < -0.4 is 10.5 Å². The van der Waals surface area contributed by atoms with E-state index in [1.54, 1.807) is 0 Å². The number of sulfonamides is 1. The summed E-state index contributed by atoms with van der Waals surface area (Å²) in [6.45, 7) is 0.165. The second kappa shape index (κ2) is 5.74. The zero-order valence-electron chi connectivity index (χ0n) is 10.6. The van der Waals surface area contributed by atoms with Gasteiger partial charge in [-0.2, -0.15) is 5.26 Å². The second-order valence-electron chi connectivity index (χ2n) is 4.18. The molecule has 2 aromatic rings. The first kappa shape index (κ1) is 14.1. The summed E-state index contributed by atoms with van der Waals surface area (Å²) in [4.78, 5) is -0.0647. The van der Waals surface area contributed by atoms with E-state index < -0.39 is 10.0 Å². The van der Waals surface area contributed by atoms with Crippen LogP contribution in [0.2, 0.25) is 0 Å². The minimum Gasteiger partial charge on any atom is -0.399 e. The Hall–Kier alpha value is -2.36. The number of anilines is 1. The molecule has 5 nitrogen and oxygen atoms in total. The third-order valence-electron chi connectivity index (χ3n) is 2.72. The Labute approximate surface area is 117 Å². The molecule has 0 atom stereocenters. The fraction of sp³-hybridized carbons (Fsp3) is 0.0714. The molecule has 0 aromatic heterocycles. The van der Waals surface area contributed by atoms with Gasteiger partial charge >= 0.3 is 0 Å². The van der Waals surface area contributed by atoms with Gasteiger partial charge in [0.2, 0.25) is 10.0 Å². The number of hydrogen-bond acceptors (Lipinski definition) is 4. The van der Waals surface area contributed by atoms with Crippen molar-refractivity contribution < 1.29 is 8.42 Å². The van der Waals surface area contributed by atoms with Gasteiger partial charge in [-0.1, -0.05) is 30.3 Å². The lowest BCUT2D eigenvalue weighted by Crippen LogP contribution is -2.24. The summed E-state index contributed by atoms with van der Waals surface area (Å²) in [7, 11) is -3.75. The maximum Gasteiger partial charge on any atom is 0.242 e. The summed E-state index contributed by atoms with van der Waals surface area (Å²) < 4.78 is 26.9. The van der Waals surface area contributed by atoms with Crippen molar-refractivity contribution in [1.29, 1.82) is 5.26 Å². The van der Waals surface area contributed by atoms with Gasteiger partial charge in [-0.15, -0.1) is 0 Å². The molecule has 0 aliphatic carbocycles. The van der Waals surface area contributed by atoms with Gasteiger partial charge in [0, 0.05) is 12.2 Å². The molecule has 20 heavy (non-hydrogen) atoms. The highest BCUT2D eigenvalue weighted by atomic mass is 32.2. The van der Waals surface area contributed by atoms with Crippen LogP contribution in [0.3, 0.4) is 0 Å². The van der Waals surface area contributed by atoms with E-state index in [1.165, 1.54) is 18.2 Å². The molecule has 0 radical (unpaired) electrons. The molecule has 0 saturated heterocycles. The van der Waals surface area contributed by atoms with Gasteiger partial charge in [0.15, 0.2) is 0 Å². The summed E-state index contributed by atoms with van der Waals surface area (Å²) >= 11 is 0. The van der Waals surface area contributed by atoms with Crippen molar-refractivity contribution in [3.05, 3.63) is 59.7 Å². The van der Waals surface area contributed by atoms with Gasteiger partial charge in [-0.3, -0.25) is 0 Å². The largest absolute Gasteiger partial charge is 0.399 e. The average Bonchev–Trinajstić information content (AvgIpc) is 2.46. The van der Waals surface area contributed by atoms with E-state index in [9.17, 15) is 8.42 Å². The predicted molar refractivity (Wildman–Crippen MR) is 76.0 cm³/mol. The first-order valence-corrected chi connectivity index (χ1v) is 7.34. The maximum absolute atomic E-state index is 12.2. The zero-order valence-corrected chi connectivity index (χ0v) is 11.4. The van der Waals surface area contributed by atoms with Crippen molar-refractivity contribution in [2.45, 2.75) is 11.4 Å². The quantitative estimate of drug-likeness (QED) is 0.835. The van der Waals surface area contributed by atoms with Crippen molar-refractivity contribution in [3.8, 4) is 6.07 Å². The molecule has 0 spiro atoms. The van der Waals surface area contributed by atoms with Gasteiger partial charge in [-0.25, -0.2) is 13.1 Å². The molecular weight excluding hydrogens is 274 g/mol. The monoisotopic (exact) mass is 287 g/mol. The molecule has 2 rings (SSSR count). The zero-order chi connectivity index (χ0) is 14.6. The molecule has 0 amide bonds. The number of nitrogen functional groups attached to an aromatic ring is 1. The van der Waals surface area contributed by atoms with E-state index in [4.69, 9.17) is 11.0 Å². The number of nitrogens with two attached hydrogens (primary N) is 1. The predicted octanol–water partition coefficient (Wildman–Crippen LogP) is 1.62. The van der Waals surface area contributed by atoms with E-state index in [1.807, 2.05) is 36.4 Å². The highest BCUT2D eigenvalue weighted by Gasteiger charge is 2.18. The SMILES string of the molecule is N#Cc1cc(N)ccc1S(=O)(=O)NCc1ccccc1. The maximum atomic E-state index is 12.2. The first-order valence-electron chi connectivity index (χ1n) is 5.86. The molecule has 0 fully saturated rings. The first-order chi connectivity index (χ1) is 9.53. The van der Waals surface area contributed by atoms with Crippen LogP contribution in [0.5, 0.6) is 0 Å². The van der Waals surface area contributed by atoms with Crippen LogP contribution in [0, 0.1) is 11.3 Å². The van der Waals surface area contributed by atoms with E-state index in [2.05, 4.69) is 4.72 Å². The van der Waals surface area contributed by atoms with E-state index >= 15 is 0 Å². The number of nitrogens with zero attached hydrogens (tertiary/aromatic N) is 1. The smallest absolute Gasteiger partial charge is 0.242 e. The molecule has 102 valence electrons. The molecule has 0 unspecified atom stereocenters. The molecule has 0 saturated carbocycles. The van der Waals surface area contributed by atoms with Crippen molar-refractivity contribution in [2.75, 3.05) is 5.73 Å². The lowest BCUT2D eigenvalue weighted by Gasteiger charge is -2.08. The summed E-state index contributed by atoms with van der Waals surface area (Å²) in [6, 6.07) is 15.1. The van der Waals surface area contributed by atoms with Crippen molar-refractivity contribution >= 4 is 15.7 Å². The molecular formula is C14H13N3O2S. The van der Waals surface area contributed by atoms with Crippen LogP contribution in [-0.2, 0) is 16.6 Å². The summed E-state index contributed by atoms with van der Waals surface area (Å²) in [5.74, 6) is 0. The molecule has 6 heteroatoms. The van der Waals surface area contributed by atoms with Gasteiger partial charge in [0.25, 0.3) is 0 Å². The van der Waals surface area contributed by atoms with E-state index in [-0.39, 0.29) is 17.0 Å². The third-order valence-corrected chi connectivity index (χ3v) is 4.18. The van der Waals surface area contributed by atoms with Crippen LogP contribution in [-0.4, -0.2) is 8.42 Å². The number of nitriles is 1. The summed E-state index contributed by atoms with van der Waals surface area (Å²) in [5.41, 5.74) is 6.77. The van der Waals surface area contributed by atoms with Gasteiger partial charge < -0.3 is 5.73 Å². The van der Waals surface area contributed by atoms with Crippen molar-refractivity contribution in [3.63, 3.8) is 0 Å². The Balaban J connectivity index is 2.25. The Kier molecular flexibility index (Phi) is 4.03. The molecule has 2 aromatic carbocycles. The topological polar surface area (TPSA) is 96.0 Å². The lowest BCUT2D eigenvalue weighted by molar-refractivity contribution is 0.581. The average molecular weight is 287 g/mol. The Morgan fingerprint density at radius 1 is 1.15 bits per heavy atom. The molecule has 3 N–H and O–H groups in total. The highest BCUT2D eigenvalue weighted by Crippen LogP contribution is 2.18. The second-order valence-corrected chi connectivity index (χ2v) is 5.91. The molecule has 0 aliphatic rings. The lowest BCUT2D eigenvalue weighted by atomic mass is 10.2. The standard InChI is InChI=1S/C14H13N3O2S/c15-9-12-8-13(16)6-7-14(12)20(18,19)17-10-11-4-2-1-3-5-11/h1-8,17H,10,16H2. The normalized spacial score (nSPS) is 10.9. The summed E-state index contributed by atoms with van der Waals surface area (Å²) in [5, 5.41) is 8.99. The Morgan fingerprint density at radius 3 is 2.50 bits per heavy atom. The van der Waals surface area contributed by atoms with Crippen LogP contribution in [0.4, 0.5) is 5.69 Å². The fourth-order valence-corrected chi connectivity index (χ4v) is 2.87. The number of benzene rings is 2. The van der Waals surface area contributed by atoms with Crippen molar-refractivity contribution in [1.82, 2.24) is 4.72 Å². The summed E-state index contributed by atoms with van der Waals surface area (Å²) in [6.07, 6.45) is 0. The highest BCUT2D eigenvalue weighted by molar-refractivity contribution is 7.89. The van der Waals surface area contributed by atoms with Crippen LogP contribution in [0.15, 0.2) is 53.4 Å². The molecule has 0 bridgehead atoms. The van der Waals surface area contributed by atoms with Crippen molar-refractivity contribution in [2.24, 2.45) is 0 Å². The van der Waals surface area contributed by atoms with E-state index in [0.717, 1.165) is 5.56 Å². The third kappa shape index (κ3) is 3.15. The number of nitrogens with one attached hydrogen (secondary N) is 1. The van der Waals surface area contributed by atoms with Gasteiger partial charge in [0.05, 0.1) is 10.5 Å². The van der Waals surface area contributed by atoms with Gasteiger partial charge in [0.1, 0.15) is 6.07 Å². The van der Waals surface area contributed by atoms with E-state index in [0.29, 0.717) is 5.69 Å². The minimum absolute atomic E-state index is 0.0329. The minimum atomic E-state index is -3.75. The Bertz CT molecular complexity index is 750. The van der Waals surface area contributed by atoms with Crippen LogP contribution >= 0.6 is 0 Å². The molecule has 0 heterocycles. The Morgan fingerprint density at radius 2 is 1.85 bits per heavy atom.